The summed E-state index contributed by atoms with van der Waals surface area (Å²) in [6.07, 6.45) is 2.28. The number of ether oxygens (including phenoxy) is 2. The van der Waals surface area contributed by atoms with Crippen LogP contribution in [0.2, 0.25) is 0 Å². The molecule has 1 aliphatic heterocycles. The van der Waals surface area contributed by atoms with Crippen LogP contribution in [-0.2, 0) is 9.47 Å². The zero-order valence-corrected chi connectivity index (χ0v) is 12.0. The van der Waals surface area contributed by atoms with Gasteiger partial charge in [-0.25, -0.2) is 0 Å². The maximum absolute atomic E-state index is 5.57. The third kappa shape index (κ3) is 4.21. The second-order valence-electron chi connectivity index (χ2n) is 5.43. The Bertz CT molecular complexity index is 215. The summed E-state index contributed by atoms with van der Waals surface area (Å²) < 4.78 is 11.0. The largest absolute Gasteiger partial charge is 0.381 e. The van der Waals surface area contributed by atoms with Crippen LogP contribution in [0.25, 0.3) is 0 Å². The molecule has 1 fully saturated rings. The Hall–Kier alpha value is -0.160. The van der Waals surface area contributed by atoms with Crippen molar-refractivity contribution in [2.75, 3.05) is 41.0 Å². The van der Waals surface area contributed by atoms with Gasteiger partial charge in [0.15, 0.2) is 0 Å². The molecule has 1 unspecified atom stereocenters. The summed E-state index contributed by atoms with van der Waals surface area (Å²) in [5.74, 6) is 0. The van der Waals surface area contributed by atoms with Gasteiger partial charge in [-0.3, -0.25) is 0 Å². The van der Waals surface area contributed by atoms with Crippen molar-refractivity contribution in [2.24, 2.45) is 0 Å². The molecule has 17 heavy (non-hydrogen) atoms. The Morgan fingerprint density at radius 2 is 2.00 bits per heavy atom. The molecule has 1 saturated heterocycles. The van der Waals surface area contributed by atoms with E-state index in [0.29, 0.717) is 12.1 Å². The molecule has 102 valence electrons. The van der Waals surface area contributed by atoms with Crippen LogP contribution in [0.4, 0.5) is 0 Å². The first kappa shape index (κ1) is 14.9. The van der Waals surface area contributed by atoms with E-state index in [9.17, 15) is 0 Å². The molecule has 4 heteroatoms. The van der Waals surface area contributed by atoms with Crippen molar-refractivity contribution in [1.29, 1.82) is 0 Å². The summed E-state index contributed by atoms with van der Waals surface area (Å²) in [5.41, 5.74) is -0.145. The minimum Gasteiger partial charge on any atom is -0.381 e. The quantitative estimate of drug-likeness (QED) is 0.759. The van der Waals surface area contributed by atoms with Crippen LogP contribution in [0.15, 0.2) is 0 Å². The van der Waals surface area contributed by atoms with Gasteiger partial charge in [0, 0.05) is 39.0 Å². The summed E-state index contributed by atoms with van der Waals surface area (Å²) in [5, 5.41) is 3.37. The van der Waals surface area contributed by atoms with Gasteiger partial charge in [0.05, 0.1) is 5.60 Å². The lowest BCUT2D eigenvalue weighted by Gasteiger charge is -2.39. The van der Waals surface area contributed by atoms with Crippen molar-refractivity contribution >= 4 is 0 Å². The summed E-state index contributed by atoms with van der Waals surface area (Å²) in [4.78, 5) is 2.43. The minimum absolute atomic E-state index is 0.145. The lowest BCUT2D eigenvalue weighted by molar-refractivity contribution is -0.0258. The van der Waals surface area contributed by atoms with E-state index >= 15 is 0 Å². The zero-order valence-electron chi connectivity index (χ0n) is 12.0. The Morgan fingerprint density at radius 3 is 2.47 bits per heavy atom. The third-order valence-electron chi connectivity index (χ3n) is 4.00. The molecule has 0 radical (unpaired) electrons. The molecule has 1 rings (SSSR count). The molecular weight excluding hydrogens is 216 g/mol. The maximum Gasteiger partial charge on any atom is 0.0787 e. The molecule has 0 aromatic rings. The molecule has 0 amide bonds. The maximum atomic E-state index is 5.57. The van der Waals surface area contributed by atoms with E-state index in [1.807, 2.05) is 7.05 Å². The fourth-order valence-corrected chi connectivity index (χ4v) is 2.36. The fourth-order valence-electron chi connectivity index (χ4n) is 2.36. The van der Waals surface area contributed by atoms with E-state index in [-0.39, 0.29) is 5.60 Å². The standard InChI is InChI=1S/C13H28N2O2/c1-13(2,16-5)12(14-3)10-15(4)11-6-8-17-9-7-11/h11-12,14H,6-10H2,1-5H3. The van der Waals surface area contributed by atoms with Gasteiger partial charge in [0.2, 0.25) is 0 Å². The second-order valence-corrected chi connectivity index (χ2v) is 5.43. The van der Waals surface area contributed by atoms with Crippen molar-refractivity contribution in [1.82, 2.24) is 10.2 Å². The molecule has 1 N–H and O–H groups in total. The number of hydrogen-bond acceptors (Lipinski definition) is 4. The molecule has 1 heterocycles. The topological polar surface area (TPSA) is 33.7 Å². The van der Waals surface area contributed by atoms with Gasteiger partial charge >= 0.3 is 0 Å². The molecular formula is C13H28N2O2. The SMILES string of the molecule is CNC(CN(C)C1CCOCC1)C(C)(C)OC. The van der Waals surface area contributed by atoms with Crippen LogP contribution in [0, 0.1) is 0 Å². The van der Waals surface area contributed by atoms with Gasteiger partial charge < -0.3 is 19.7 Å². The number of methoxy groups -OCH3 is 1. The number of nitrogens with zero attached hydrogens (tertiary/aromatic N) is 1. The molecule has 4 nitrogen and oxygen atoms in total. The third-order valence-corrected chi connectivity index (χ3v) is 4.00. The first-order valence-corrected chi connectivity index (χ1v) is 6.51. The Morgan fingerprint density at radius 1 is 1.41 bits per heavy atom. The van der Waals surface area contributed by atoms with E-state index in [1.165, 1.54) is 0 Å². The molecule has 1 atom stereocenters. The van der Waals surface area contributed by atoms with Crippen LogP contribution in [0.5, 0.6) is 0 Å². The number of hydrogen-bond donors (Lipinski definition) is 1. The van der Waals surface area contributed by atoms with Crippen molar-refractivity contribution in [3.8, 4) is 0 Å². The van der Waals surface area contributed by atoms with Gasteiger partial charge in [0.1, 0.15) is 0 Å². The smallest absolute Gasteiger partial charge is 0.0787 e. The van der Waals surface area contributed by atoms with E-state index in [2.05, 4.69) is 31.1 Å². The molecule has 0 spiro atoms. The highest BCUT2D eigenvalue weighted by molar-refractivity contribution is 4.88. The molecule has 1 aliphatic rings. The van der Waals surface area contributed by atoms with E-state index < -0.39 is 0 Å². The van der Waals surface area contributed by atoms with Gasteiger partial charge in [-0.2, -0.15) is 0 Å². The highest BCUT2D eigenvalue weighted by atomic mass is 16.5. The fraction of sp³-hybridized carbons (Fsp3) is 1.00. The Labute approximate surface area is 106 Å². The predicted octanol–water partition coefficient (Wildman–Crippen LogP) is 1.11. The number of likely N-dealkylation sites (N-methyl/N-ethyl adjacent to an activating group) is 2. The first-order chi connectivity index (χ1) is 8.01. The van der Waals surface area contributed by atoms with Gasteiger partial charge in [-0.15, -0.1) is 0 Å². The Kier molecular flexibility index (Phi) is 5.86. The van der Waals surface area contributed by atoms with Crippen LogP contribution in [0.3, 0.4) is 0 Å². The van der Waals surface area contributed by atoms with Crippen molar-refractivity contribution in [2.45, 2.75) is 44.4 Å². The van der Waals surface area contributed by atoms with Crippen LogP contribution >= 0.6 is 0 Å². The van der Waals surface area contributed by atoms with Crippen LogP contribution in [0.1, 0.15) is 26.7 Å². The lowest BCUT2D eigenvalue weighted by Crippen LogP contribution is -2.54. The average Bonchev–Trinajstić information content (AvgIpc) is 2.36. The van der Waals surface area contributed by atoms with Crippen molar-refractivity contribution < 1.29 is 9.47 Å². The number of rotatable bonds is 6. The predicted molar refractivity (Wildman–Crippen MR) is 70.4 cm³/mol. The second kappa shape index (κ2) is 6.69. The molecule has 0 aliphatic carbocycles. The van der Waals surface area contributed by atoms with Crippen molar-refractivity contribution in [3.63, 3.8) is 0 Å². The van der Waals surface area contributed by atoms with Gasteiger partial charge in [-0.1, -0.05) is 0 Å². The van der Waals surface area contributed by atoms with Crippen LogP contribution in [-0.4, -0.2) is 63.5 Å². The van der Waals surface area contributed by atoms with E-state index in [0.717, 1.165) is 32.6 Å². The van der Waals surface area contributed by atoms with E-state index in [4.69, 9.17) is 9.47 Å². The molecule has 0 aromatic carbocycles. The molecule has 0 saturated carbocycles. The highest BCUT2D eigenvalue weighted by Gasteiger charge is 2.30. The van der Waals surface area contributed by atoms with Crippen LogP contribution < -0.4 is 5.32 Å². The normalized spacial score (nSPS) is 20.8. The van der Waals surface area contributed by atoms with E-state index in [1.54, 1.807) is 7.11 Å². The van der Waals surface area contributed by atoms with Gasteiger partial charge in [0.25, 0.3) is 0 Å². The average molecular weight is 244 g/mol. The molecule has 0 aromatic heterocycles. The molecule has 0 bridgehead atoms. The first-order valence-electron chi connectivity index (χ1n) is 6.51. The summed E-state index contributed by atoms with van der Waals surface area (Å²) in [6, 6.07) is 0.979. The summed E-state index contributed by atoms with van der Waals surface area (Å²) in [7, 11) is 5.98. The Balaban J connectivity index is 2.49. The minimum atomic E-state index is -0.145. The zero-order chi connectivity index (χ0) is 12.9. The monoisotopic (exact) mass is 244 g/mol. The summed E-state index contributed by atoms with van der Waals surface area (Å²) >= 11 is 0. The van der Waals surface area contributed by atoms with Crippen molar-refractivity contribution in [3.05, 3.63) is 0 Å². The highest BCUT2D eigenvalue weighted by Crippen LogP contribution is 2.18. The number of nitrogens with one attached hydrogen (secondary N) is 1. The van der Waals surface area contributed by atoms with Gasteiger partial charge in [-0.05, 0) is 40.8 Å². The lowest BCUT2D eigenvalue weighted by atomic mass is 9.97. The summed E-state index contributed by atoms with van der Waals surface area (Å²) in [6.45, 7) is 7.06.